The van der Waals surface area contributed by atoms with Crippen molar-refractivity contribution in [2.75, 3.05) is 12.4 Å². The van der Waals surface area contributed by atoms with Crippen LogP contribution in [0.15, 0.2) is 24.3 Å². The fourth-order valence-electron chi connectivity index (χ4n) is 2.67. The number of aliphatic hydroxyl groups is 1. The number of aromatic nitrogens is 1. The first-order valence-electron chi connectivity index (χ1n) is 6.62. The molecule has 5 heteroatoms. The first kappa shape index (κ1) is 12.9. The molecule has 3 rings (SSSR count). The highest BCUT2D eigenvalue weighted by atomic mass is 16.5. The van der Waals surface area contributed by atoms with Crippen molar-refractivity contribution in [2.24, 2.45) is 0 Å². The molecule has 1 aliphatic carbocycles. The summed E-state index contributed by atoms with van der Waals surface area (Å²) in [5.41, 5.74) is 3.40. The van der Waals surface area contributed by atoms with Crippen molar-refractivity contribution < 1.29 is 14.6 Å². The number of nitrogens with zero attached hydrogens (tertiary/aromatic N) is 1. The third-order valence-electron chi connectivity index (χ3n) is 3.65. The minimum absolute atomic E-state index is 0.386. The van der Waals surface area contributed by atoms with Crippen LogP contribution in [0, 0.1) is 0 Å². The quantitative estimate of drug-likeness (QED) is 0.835. The van der Waals surface area contributed by atoms with Crippen LogP contribution in [0.3, 0.4) is 0 Å². The zero-order valence-corrected chi connectivity index (χ0v) is 11.2. The number of aliphatic hydroxyl groups excluding tert-OH is 1. The number of rotatable bonds is 1. The second-order valence-corrected chi connectivity index (χ2v) is 4.94. The summed E-state index contributed by atoms with van der Waals surface area (Å²) in [7, 11) is 1.33. The van der Waals surface area contributed by atoms with Crippen molar-refractivity contribution in [2.45, 2.75) is 25.4 Å². The summed E-state index contributed by atoms with van der Waals surface area (Å²) in [6.45, 7) is 0. The fraction of sp³-hybridized carbons (Fsp3) is 0.333. The average Bonchev–Trinajstić information content (AvgIpc) is 2.47. The summed E-state index contributed by atoms with van der Waals surface area (Å²) >= 11 is 0. The highest BCUT2D eigenvalue weighted by Gasteiger charge is 2.23. The lowest BCUT2D eigenvalue weighted by Gasteiger charge is -2.24. The van der Waals surface area contributed by atoms with Crippen LogP contribution >= 0.6 is 0 Å². The van der Waals surface area contributed by atoms with E-state index in [4.69, 9.17) is 0 Å². The van der Waals surface area contributed by atoms with Gasteiger partial charge >= 0.3 is 6.09 Å². The lowest BCUT2D eigenvalue weighted by Crippen LogP contribution is -2.23. The number of nitrogens with one attached hydrogen (secondary N) is 1. The molecule has 1 heterocycles. The predicted octanol–water partition coefficient (Wildman–Crippen LogP) is 2.26. The van der Waals surface area contributed by atoms with Gasteiger partial charge in [0.15, 0.2) is 0 Å². The molecule has 1 atom stereocenters. The first-order valence-corrected chi connectivity index (χ1v) is 6.62. The molecular weight excluding hydrogens is 256 g/mol. The Balaban J connectivity index is 2.20. The molecule has 0 spiro atoms. The molecule has 1 amide bonds. The number of hydrogen-bond donors (Lipinski definition) is 2. The van der Waals surface area contributed by atoms with Crippen LogP contribution in [0.2, 0.25) is 0 Å². The van der Waals surface area contributed by atoms with Gasteiger partial charge in [-0.3, -0.25) is 10.3 Å². The van der Waals surface area contributed by atoms with Gasteiger partial charge < -0.3 is 9.84 Å². The van der Waals surface area contributed by atoms with Gasteiger partial charge in [-0.1, -0.05) is 18.2 Å². The summed E-state index contributed by atoms with van der Waals surface area (Å²) in [5.74, 6) is 0. The maximum Gasteiger partial charge on any atom is 0.411 e. The van der Waals surface area contributed by atoms with Gasteiger partial charge in [0, 0.05) is 23.1 Å². The zero-order chi connectivity index (χ0) is 14.1. The molecule has 0 radical (unpaired) electrons. The number of pyridine rings is 1. The molecule has 2 N–H and O–H groups in total. The minimum atomic E-state index is -0.511. The van der Waals surface area contributed by atoms with Gasteiger partial charge in [0.25, 0.3) is 0 Å². The SMILES string of the molecule is COC(=O)Nc1c2c(nc3ccccc13)CCC(O)C2. The van der Waals surface area contributed by atoms with E-state index in [-0.39, 0.29) is 6.10 Å². The highest BCUT2D eigenvalue weighted by molar-refractivity contribution is 6.00. The Bertz CT molecular complexity index is 669. The smallest absolute Gasteiger partial charge is 0.411 e. The number of hydrogen-bond acceptors (Lipinski definition) is 4. The van der Waals surface area contributed by atoms with E-state index < -0.39 is 6.09 Å². The highest BCUT2D eigenvalue weighted by Crippen LogP contribution is 2.33. The van der Waals surface area contributed by atoms with Gasteiger partial charge in [-0.25, -0.2) is 4.79 Å². The Labute approximate surface area is 116 Å². The van der Waals surface area contributed by atoms with Crippen LogP contribution in [0.25, 0.3) is 10.9 Å². The molecule has 0 bridgehead atoms. The number of fused-ring (bicyclic) bond motifs is 2. The molecule has 2 aromatic rings. The summed E-state index contributed by atoms with van der Waals surface area (Å²) in [6, 6.07) is 7.65. The van der Waals surface area contributed by atoms with Gasteiger partial charge in [-0.2, -0.15) is 0 Å². The number of amides is 1. The molecule has 5 nitrogen and oxygen atoms in total. The summed E-state index contributed by atoms with van der Waals surface area (Å²) < 4.78 is 4.69. The normalized spacial score (nSPS) is 17.6. The standard InChI is InChI=1S/C15H16N2O3/c1-20-15(19)17-14-10-4-2-3-5-12(10)16-13-7-6-9(18)8-11(13)14/h2-5,9,18H,6-8H2,1H3,(H,16,17,19). The molecule has 20 heavy (non-hydrogen) atoms. The van der Waals surface area contributed by atoms with Crippen molar-refractivity contribution in [3.8, 4) is 0 Å². The van der Waals surface area contributed by atoms with E-state index in [2.05, 4.69) is 15.0 Å². The van der Waals surface area contributed by atoms with E-state index in [0.29, 0.717) is 18.5 Å². The van der Waals surface area contributed by atoms with Crippen LogP contribution in [0.4, 0.5) is 10.5 Å². The Kier molecular flexibility index (Phi) is 3.28. The lowest BCUT2D eigenvalue weighted by atomic mass is 9.91. The van der Waals surface area contributed by atoms with E-state index in [1.165, 1.54) is 7.11 Å². The Hall–Kier alpha value is -2.14. The molecule has 1 aliphatic rings. The average molecular weight is 272 g/mol. The topological polar surface area (TPSA) is 71.5 Å². The van der Waals surface area contributed by atoms with E-state index in [0.717, 1.165) is 28.6 Å². The van der Waals surface area contributed by atoms with Gasteiger partial charge in [0.05, 0.1) is 24.4 Å². The second kappa shape index (κ2) is 5.09. The molecule has 1 aromatic heterocycles. The number of carbonyl (C=O) groups is 1. The molecule has 1 unspecified atom stereocenters. The molecule has 0 saturated carbocycles. The number of anilines is 1. The maximum atomic E-state index is 11.6. The summed E-state index contributed by atoms with van der Waals surface area (Å²) in [6.07, 6.45) is 1.03. The molecule has 0 saturated heterocycles. The molecule has 1 aromatic carbocycles. The third-order valence-corrected chi connectivity index (χ3v) is 3.65. The number of aryl methyl sites for hydroxylation is 1. The Morgan fingerprint density at radius 1 is 1.45 bits per heavy atom. The number of para-hydroxylation sites is 1. The fourth-order valence-corrected chi connectivity index (χ4v) is 2.67. The van der Waals surface area contributed by atoms with E-state index >= 15 is 0 Å². The summed E-state index contributed by atoms with van der Waals surface area (Å²) in [4.78, 5) is 16.2. The third kappa shape index (κ3) is 2.20. The summed E-state index contributed by atoms with van der Waals surface area (Å²) in [5, 5.41) is 13.5. The number of benzene rings is 1. The zero-order valence-electron chi connectivity index (χ0n) is 11.2. The number of ether oxygens (including phenoxy) is 1. The molecule has 0 aliphatic heterocycles. The lowest BCUT2D eigenvalue weighted by molar-refractivity contribution is 0.158. The number of methoxy groups -OCH3 is 1. The Morgan fingerprint density at radius 3 is 3.05 bits per heavy atom. The van der Waals surface area contributed by atoms with Crippen molar-refractivity contribution in [3.63, 3.8) is 0 Å². The van der Waals surface area contributed by atoms with Crippen LogP contribution in [0.5, 0.6) is 0 Å². The van der Waals surface area contributed by atoms with Crippen LogP contribution < -0.4 is 5.32 Å². The van der Waals surface area contributed by atoms with Crippen molar-refractivity contribution >= 4 is 22.7 Å². The predicted molar refractivity (Wildman–Crippen MR) is 75.8 cm³/mol. The van der Waals surface area contributed by atoms with Crippen LogP contribution in [-0.2, 0) is 17.6 Å². The maximum absolute atomic E-state index is 11.6. The Morgan fingerprint density at radius 2 is 2.25 bits per heavy atom. The van der Waals surface area contributed by atoms with Gasteiger partial charge in [0.1, 0.15) is 0 Å². The minimum Gasteiger partial charge on any atom is -0.453 e. The van der Waals surface area contributed by atoms with Crippen molar-refractivity contribution in [3.05, 3.63) is 35.5 Å². The number of carbonyl (C=O) groups excluding carboxylic acids is 1. The van der Waals surface area contributed by atoms with E-state index in [1.807, 2.05) is 24.3 Å². The van der Waals surface area contributed by atoms with E-state index in [9.17, 15) is 9.90 Å². The van der Waals surface area contributed by atoms with Crippen LogP contribution in [-0.4, -0.2) is 29.4 Å². The molecule has 104 valence electrons. The monoisotopic (exact) mass is 272 g/mol. The van der Waals surface area contributed by atoms with Gasteiger partial charge in [-0.05, 0) is 18.9 Å². The van der Waals surface area contributed by atoms with E-state index in [1.54, 1.807) is 0 Å². The van der Waals surface area contributed by atoms with Crippen molar-refractivity contribution in [1.82, 2.24) is 4.98 Å². The van der Waals surface area contributed by atoms with Crippen molar-refractivity contribution in [1.29, 1.82) is 0 Å². The van der Waals surface area contributed by atoms with Gasteiger partial charge in [-0.15, -0.1) is 0 Å². The largest absolute Gasteiger partial charge is 0.453 e. The van der Waals surface area contributed by atoms with Gasteiger partial charge in [0.2, 0.25) is 0 Å². The van der Waals surface area contributed by atoms with Crippen LogP contribution in [0.1, 0.15) is 17.7 Å². The molecular formula is C15H16N2O3. The second-order valence-electron chi connectivity index (χ2n) is 4.94. The molecule has 0 fully saturated rings. The first-order chi connectivity index (χ1) is 9.69.